The molecule has 0 aromatic heterocycles. The summed E-state index contributed by atoms with van der Waals surface area (Å²) in [4.78, 5) is 10.4. The Hall–Kier alpha value is -0.830. The van der Waals surface area contributed by atoms with E-state index in [0.717, 1.165) is 13.0 Å². The Balaban J connectivity index is 3.27. The average Bonchev–Trinajstić information content (AvgIpc) is 1.98. The molecule has 3 heteroatoms. The van der Waals surface area contributed by atoms with Gasteiger partial charge in [0, 0.05) is 6.08 Å². The van der Waals surface area contributed by atoms with Crippen LogP contribution in [0.3, 0.4) is 0 Å². The van der Waals surface area contributed by atoms with E-state index in [0.29, 0.717) is 0 Å². The van der Waals surface area contributed by atoms with Crippen LogP contribution < -0.4 is 5.32 Å². The molecule has 0 aliphatic rings. The number of ether oxygens (including phenoxy) is 1. The summed E-state index contributed by atoms with van der Waals surface area (Å²) >= 11 is 0. The van der Waals surface area contributed by atoms with Gasteiger partial charge in [0.2, 0.25) is 0 Å². The molecule has 0 bridgehead atoms. The summed E-state index contributed by atoms with van der Waals surface area (Å²) in [6.45, 7) is 0.882. The molecule has 0 rings (SSSR count). The Bertz CT molecular complexity index is 121. The fourth-order valence-electron chi connectivity index (χ4n) is 0.475. The van der Waals surface area contributed by atoms with Crippen molar-refractivity contribution in [2.75, 3.05) is 20.7 Å². The number of hydrogen-bond acceptors (Lipinski definition) is 3. The van der Waals surface area contributed by atoms with Crippen LogP contribution in [0.25, 0.3) is 0 Å². The van der Waals surface area contributed by atoms with Gasteiger partial charge >= 0.3 is 5.97 Å². The lowest BCUT2D eigenvalue weighted by Crippen LogP contribution is -2.06. The Kier molecular flexibility index (Phi) is 5.77. The van der Waals surface area contributed by atoms with Gasteiger partial charge in [-0.2, -0.15) is 0 Å². The highest BCUT2D eigenvalue weighted by atomic mass is 16.5. The topological polar surface area (TPSA) is 38.3 Å². The lowest BCUT2D eigenvalue weighted by molar-refractivity contribution is -0.134. The minimum Gasteiger partial charge on any atom is -0.466 e. The maximum atomic E-state index is 10.4. The second-order valence-electron chi connectivity index (χ2n) is 1.82. The Morgan fingerprint density at radius 1 is 1.70 bits per heavy atom. The molecule has 0 aliphatic carbocycles. The van der Waals surface area contributed by atoms with Gasteiger partial charge in [-0.1, -0.05) is 6.08 Å². The number of carbonyl (C=O) groups excluding carboxylic acids is 1. The third kappa shape index (κ3) is 5.31. The van der Waals surface area contributed by atoms with E-state index in [9.17, 15) is 4.79 Å². The number of nitrogens with one attached hydrogen (secondary N) is 1. The Morgan fingerprint density at radius 2 is 2.40 bits per heavy atom. The first-order valence-corrected chi connectivity index (χ1v) is 3.20. The van der Waals surface area contributed by atoms with Crippen molar-refractivity contribution in [2.45, 2.75) is 6.42 Å². The number of methoxy groups -OCH3 is 1. The highest BCUT2D eigenvalue weighted by Crippen LogP contribution is 1.82. The van der Waals surface area contributed by atoms with E-state index in [1.165, 1.54) is 13.2 Å². The molecule has 0 spiro atoms. The molecule has 1 N–H and O–H groups in total. The van der Waals surface area contributed by atoms with Crippen molar-refractivity contribution in [3.63, 3.8) is 0 Å². The molecule has 0 saturated heterocycles. The van der Waals surface area contributed by atoms with Crippen LogP contribution in [0.15, 0.2) is 12.2 Å². The number of esters is 1. The second kappa shape index (κ2) is 6.29. The third-order valence-electron chi connectivity index (χ3n) is 1.02. The molecule has 0 aromatic rings. The van der Waals surface area contributed by atoms with Crippen LogP contribution in [0, 0.1) is 0 Å². The quantitative estimate of drug-likeness (QED) is 0.350. The zero-order valence-electron chi connectivity index (χ0n) is 6.39. The minimum absolute atomic E-state index is 0.295. The maximum absolute atomic E-state index is 10.4. The second-order valence-corrected chi connectivity index (χ2v) is 1.82. The van der Waals surface area contributed by atoms with Gasteiger partial charge < -0.3 is 10.1 Å². The summed E-state index contributed by atoms with van der Waals surface area (Å²) in [7, 11) is 3.23. The molecular weight excluding hydrogens is 130 g/mol. The predicted octanol–water partition coefficient (Wildman–Crippen LogP) is 0.325. The van der Waals surface area contributed by atoms with Gasteiger partial charge in [0.05, 0.1) is 7.11 Å². The van der Waals surface area contributed by atoms with Crippen molar-refractivity contribution in [1.82, 2.24) is 5.32 Å². The molecule has 0 aromatic carbocycles. The Labute approximate surface area is 61.1 Å². The van der Waals surface area contributed by atoms with E-state index in [4.69, 9.17) is 0 Å². The summed E-state index contributed by atoms with van der Waals surface area (Å²) < 4.78 is 4.38. The average molecular weight is 143 g/mol. The highest BCUT2D eigenvalue weighted by molar-refractivity contribution is 5.81. The van der Waals surface area contributed by atoms with Gasteiger partial charge in [-0.3, -0.25) is 0 Å². The predicted molar refractivity (Wildman–Crippen MR) is 39.7 cm³/mol. The zero-order chi connectivity index (χ0) is 7.82. The first-order valence-electron chi connectivity index (χ1n) is 3.20. The van der Waals surface area contributed by atoms with Crippen molar-refractivity contribution >= 4 is 5.97 Å². The lowest BCUT2D eigenvalue weighted by Gasteiger charge is -1.91. The van der Waals surface area contributed by atoms with Crippen LogP contribution >= 0.6 is 0 Å². The van der Waals surface area contributed by atoms with Crippen LogP contribution in [0.2, 0.25) is 0 Å². The van der Waals surface area contributed by atoms with Gasteiger partial charge in [0.1, 0.15) is 0 Å². The molecule has 10 heavy (non-hydrogen) atoms. The van der Waals surface area contributed by atoms with Crippen molar-refractivity contribution in [3.05, 3.63) is 12.2 Å². The zero-order valence-corrected chi connectivity index (χ0v) is 6.39. The van der Waals surface area contributed by atoms with E-state index in [-0.39, 0.29) is 5.97 Å². The summed E-state index contributed by atoms with van der Waals surface area (Å²) in [5.74, 6) is -0.295. The number of carbonyl (C=O) groups is 1. The van der Waals surface area contributed by atoms with Gasteiger partial charge in [-0.05, 0) is 20.0 Å². The minimum atomic E-state index is -0.295. The molecule has 0 aliphatic heterocycles. The molecule has 3 nitrogen and oxygen atoms in total. The van der Waals surface area contributed by atoms with Crippen LogP contribution in [0.4, 0.5) is 0 Å². The standard InChI is InChI=1S/C7H13NO2/c1-8-6-4-3-5-7(9)10-2/h3,5,8H,4,6H2,1-2H3/b5-3+. The van der Waals surface area contributed by atoms with Crippen LogP contribution in [-0.2, 0) is 9.53 Å². The van der Waals surface area contributed by atoms with Gasteiger partial charge in [0.15, 0.2) is 0 Å². The summed E-state index contributed by atoms with van der Waals surface area (Å²) in [6.07, 6.45) is 4.06. The van der Waals surface area contributed by atoms with Crippen molar-refractivity contribution in [2.24, 2.45) is 0 Å². The largest absolute Gasteiger partial charge is 0.466 e. The van der Waals surface area contributed by atoms with Gasteiger partial charge in [-0.25, -0.2) is 4.79 Å². The van der Waals surface area contributed by atoms with Gasteiger partial charge in [0.25, 0.3) is 0 Å². The first-order chi connectivity index (χ1) is 4.81. The fraction of sp³-hybridized carbons (Fsp3) is 0.571. The Morgan fingerprint density at radius 3 is 2.90 bits per heavy atom. The summed E-state index contributed by atoms with van der Waals surface area (Å²) in [5, 5.41) is 2.96. The van der Waals surface area contributed by atoms with Crippen molar-refractivity contribution in [1.29, 1.82) is 0 Å². The molecule has 58 valence electrons. The first kappa shape index (κ1) is 9.17. The molecule has 0 unspecified atom stereocenters. The molecule has 0 heterocycles. The monoisotopic (exact) mass is 143 g/mol. The fourth-order valence-corrected chi connectivity index (χ4v) is 0.475. The molecular formula is C7H13NO2. The van der Waals surface area contributed by atoms with Crippen molar-refractivity contribution < 1.29 is 9.53 Å². The SMILES string of the molecule is CNCC/C=C/C(=O)OC. The number of rotatable bonds is 4. The number of hydrogen-bond donors (Lipinski definition) is 1. The maximum Gasteiger partial charge on any atom is 0.330 e. The van der Waals surface area contributed by atoms with Crippen LogP contribution in [-0.4, -0.2) is 26.7 Å². The molecule has 0 atom stereocenters. The molecule has 0 saturated carbocycles. The molecule has 0 radical (unpaired) electrons. The van der Waals surface area contributed by atoms with E-state index in [1.807, 2.05) is 7.05 Å². The van der Waals surface area contributed by atoms with Crippen LogP contribution in [0.5, 0.6) is 0 Å². The molecule has 0 amide bonds. The van der Waals surface area contributed by atoms with E-state index in [2.05, 4.69) is 10.1 Å². The van der Waals surface area contributed by atoms with Crippen LogP contribution in [0.1, 0.15) is 6.42 Å². The summed E-state index contributed by atoms with van der Waals surface area (Å²) in [5.41, 5.74) is 0. The normalized spacial score (nSPS) is 10.2. The summed E-state index contributed by atoms with van der Waals surface area (Å²) in [6, 6.07) is 0. The van der Waals surface area contributed by atoms with E-state index < -0.39 is 0 Å². The third-order valence-corrected chi connectivity index (χ3v) is 1.02. The van der Waals surface area contributed by atoms with Gasteiger partial charge in [-0.15, -0.1) is 0 Å². The van der Waals surface area contributed by atoms with E-state index >= 15 is 0 Å². The smallest absolute Gasteiger partial charge is 0.330 e. The van der Waals surface area contributed by atoms with Crippen molar-refractivity contribution in [3.8, 4) is 0 Å². The lowest BCUT2D eigenvalue weighted by atomic mass is 10.4. The highest BCUT2D eigenvalue weighted by Gasteiger charge is 1.87. The molecule has 0 fully saturated rings. The van der Waals surface area contributed by atoms with E-state index in [1.54, 1.807) is 6.08 Å².